The van der Waals surface area contributed by atoms with Crippen molar-refractivity contribution in [3.05, 3.63) is 89.4 Å². The fraction of sp³-hybridized carbons (Fsp3) is 0.185. The monoisotopic (exact) mass is 575 g/mol. The van der Waals surface area contributed by atoms with Crippen molar-refractivity contribution < 1.29 is 29.3 Å². The Bertz CT molecular complexity index is 1740. The summed E-state index contributed by atoms with van der Waals surface area (Å²) in [6.07, 6.45) is 3.10. The number of aliphatic hydroxyl groups excluding tert-OH is 1. The molecule has 13 nitrogen and oxygen atoms in total. The van der Waals surface area contributed by atoms with E-state index in [-0.39, 0.29) is 12.2 Å². The molecule has 0 aliphatic heterocycles. The molecule has 1 amide bonds. The number of H-pyrrole nitrogens is 1. The van der Waals surface area contributed by atoms with E-state index in [1.165, 1.54) is 30.0 Å². The zero-order chi connectivity index (χ0) is 28.7. The number of pyridine rings is 1. The minimum absolute atomic E-state index is 0.0561. The first-order chi connectivity index (χ1) is 19.8. The number of fused-ring (bicyclic) bond motifs is 1. The van der Waals surface area contributed by atoms with E-state index in [1.807, 2.05) is 0 Å². The number of aromatic nitrogens is 7. The molecule has 0 saturated heterocycles. The van der Waals surface area contributed by atoms with Crippen molar-refractivity contribution in [3.8, 4) is 28.1 Å². The van der Waals surface area contributed by atoms with Crippen LogP contribution in [0.15, 0.2) is 67.3 Å². The molecule has 0 fully saturated rings. The van der Waals surface area contributed by atoms with Crippen LogP contribution in [0.3, 0.4) is 0 Å². The molecule has 1 aliphatic carbocycles. The molecule has 41 heavy (non-hydrogen) atoms. The summed E-state index contributed by atoms with van der Waals surface area (Å²) in [6.45, 7) is 0. The predicted octanol–water partition coefficient (Wildman–Crippen LogP) is 2.57. The highest BCUT2D eigenvalue weighted by molar-refractivity contribution is 6.31. The number of hydrogen-bond acceptors (Lipinski definition) is 9. The smallest absolute Gasteiger partial charge is 0.411 e. The molecule has 0 spiro atoms. The van der Waals surface area contributed by atoms with Gasteiger partial charge in [-0.1, -0.05) is 23.7 Å². The molecule has 3 heterocycles. The van der Waals surface area contributed by atoms with Crippen LogP contribution < -0.4 is 14.9 Å². The molecular formula is C27H24ClN8O5+. The number of anilines is 1. The van der Waals surface area contributed by atoms with Gasteiger partial charge >= 0.3 is 6.09 Å². The summed E-state index contributed by atoms with van der Waals surface area (Å²) in [4.78, 5) is 24.8. The number of benzene rings is 2. The summed E-state index contributed by atoms with van der Waals surface area (Å²) in [6, 6.07) is 14.1. The Morgan fingerprint density at radius 1 is 1.20 bits per heavy atom. The van der Waals surface area contributed by atoms with Gasteiger partial charge in [0, 0.05) is 27.4 Å². The molecule has 0 saturated carbocycles. The highest BCUT2D eigenvalue weighted by Gasteiger charge is 2.54. The lowest BCUT2D eigenvalue weighted by molar-refractivity contribution is -0.893. The zero-order valence-electron chi connectivity index (χ0n) is 21.8. The van der Waals surface area contributed by atoms with E-state index in [9.17, 15) is 15.0 Å². The van der Waals surface area contributed by atoms with Crippen molar-refractivity contribution in [2.45, 2.75) is 18.1 Å². The van der Waals surface area contributed by atoms with E-state index in [0.717, 1.165) is 5.56 Å². The average Bonchev–Trinajstić information content (AvgIpc) is 3.74. The van der Waals surface area contributed by atoms with Crippen LogP contribution >= 0.6 is 11.6 Å². The molecule has 2 aromatic carbocycles. The van der Waals surface area contributed by atoms with E-state index in [1.54, 1.807) is 60.9 Å². The molecule has 2 unspecified atom stereocenters. The summed E-state index contributed by atoms with van der Waals surface area (Å²) >= 11 is 6.34. The second-order valence-electron chi connectivity index (χ2n) is 9.38. The maximum Gasteiger partial charge on any atom is 0.411 e. The lowest BCUT2D eigenvalue weighted by atomic mass is 9.98. The fourth-order valence-corrected chi connectivity index (χ4v) is 5.22. The summed E-state index contributed by atoms with van der Waals surface area (Å²) in [7, 11) is 2.75. The molecule has 14 heteroatoms. The average molecular weight is 576 g/mol. The zero-order valence-corrected chi connectivity index (χ0v) is 22.6. The van der Waals surface area contributed by atoms with E-state index in [0.29, 0.717) is 44.5 Å². The van der Waals surface area contributed by atoms with Crippen molar-refractivity contribution in [1.29, 1.82) is 0 Å². The third-order valence-corrected chi connectivity index (χ3v) is 7.19. The summed E-state index contributed by atoms with van der Waals surface area (Å²) in [5.41, 5.74) is 3.07. The second kappa shape index (κ2) is 10.3. The number of aromatic amines is 1. The van der Waals surface area contributed by atoms with Crippen molar-refractivity contribution >= 4 is 23.4 Å². The van der Waals surface area contributed by atoms with E-state index < -0.39 is 17.8 Å². The highest BCUT2D eigenvalue weighted by atomic mass is 35.5. The number of hydrogen-bond donors (Lipinski definition) is 4. The highest BCUT2D eigenvalue weighted by Crippen LogP contribution is 2.46. The number of rotatable bonds is 6. The first kappa shape index (κ1) is 26.4. The molecule has 0 radical (unpaired) electrons. The van der Waals surface area contributed by atoms with Crippen LogP contribution in [-0.4, -0.2) is 60.7 Å². The molecule has 208 valence electrons. The Balaban J connectivity index is 1.39. The maximum atomic E-state index is 12.0. The first-order valence-corrected chi connectivity index (χ1v) is 12.8. The van der Waals surface area contributed by atoms with Gasteiger partial charge in [0.1, 0.15) is 19.3 Å². The molecule has 5 aromatic rings. The Kier molecular flexibility index (Phi) is 6.61. The minimum Gasteiger partial charge on any atom is -0.453 e. The van der Waals surface area contributed by atoms with Crippen LogP contribution in [0.2, 0.25) is 5.02 Å². The van der Waals surface area contributed by atoms with Crippen LogP contribution in [-0.2, 0) is 10.3 Å². The van der Waals surface area contributed by atoms with Crippen LogP contribution in [0.4, 0.5) is 10.5 Å². The number of carbonyl (C=O) groups excluding carboxylic acids is 1. The number of nitrogens with one attached hydrogen (secondary N) is 2. The third-order valence-electron chi connectivity index (χ3n) is 6.96. The van der Waals surface area contributed by atoms with E-state index >= 15 is 0 Å². The van der Waals surface area contributed by atoms with Crippen LogP contribution in [0.25, 0.3) is 28.1 Å². The predicted molar refractivity (Wildman–Crippen MR) is 145 cm³/mol. The quantitative estimate of drug-likeness (QED) is 0.223. The standard InChI is InChI=1S/C27H23ClN8O5/c1-40-26(38)31-18-6-3-15(4-7-18)21-12-29-25(32-21)27(39)11-23(37)20-9-16(13-36(41-2)24(20)27)19-10-17(28)5-8-22(19)35-14-30-33-34-35/h3-10,12-14,23,37,39H,11H2,1-2H3,(H-,29,31,32,33,34,38)/p+1. The molecule has 1 aliphatic rings. The SMILES string of the molecule is COC(=O)Nc1ccc(-c2cnc(C3(O)CC(O)c4cc(-c5cc(Cl)ccc5-n5cnnn5)c[n+](OC)c43)[nH]2)cc1. The van der Waals surface area contributed by atoms with E-state index in [4.69, 9.17) is 16.4 Å². The van der Waals surface area contributed by atoms with Crippen LogP contribution in [0.1, 0.15) is 29.6 Å². The van der Waals surface area contributed by atoms with Gasteiger partial charge in [-0.15, -0.1) is 5.10 Å². The Hall–Kier alpha value is -4.85. The van der Waals surface area contributed by atoms with Crippen molar-refractivity contribution in [1.82, 2.24) is 30.2 Å². The normalized spacial score (nSPS) is 17.7. The molecule has 4 N–H and O–H groups in total. The molecule has 2 atom stereocenters. The van der Waals surface area contributed by atoms with E-state index in [2.05, 4.69) is 35.5 Å². The van der Waals surface area contributed by atoms with Crippen molar-refractivity contribution in [2.75, 3.05) is 19.5 Å². The number of tetrazole rings is 1. The van der Waals surface area contributed by atoms with Crippen molar-refractivity contribution in [2.24, 2.45) is 0 Å². The largest absolute Gasteiger partial charge is 0.453 e. The van der Waals surface area contributed by atoms with Gasteiger partial charge in [0.15, 0.2) is 0 Å². The van der Waals surface area contributed by atoms with Gasteiger partial charge < -0.3 is 19.9 Å². The lowest BCUT2D eigenvalue weighted by Gasteiger charge is -2.18. The van der Waals surface area contributed by atoms with Gasteiger partial charge in [-0.2, -0.15) is 4.68 Å². The Morgan fingerprint density at radius 3 is 2.71 bits per heavy atom. The number of aliphatic hydroxyl groups is 2. The number of amides is 1. The molecule has 0 bridgehead atoms. The maximum absolute atomic E-state index is 12.0. The van der Waals surface area contributed by atoms with Crippen LogP contribution in [0.5, 0.6) is 0 Å². The topological polar surface area (TPSA) is 164 Å². The van der Waals surface area contributed by atoms with Gasteiger partial charge in [0.2, 0.25) is 11.8 Å². The van der Waals surface area contributed by atoms with Gasteiger partial charge in [-0.3, -0.25) is 10.2 Å². The number of carbonyl (C=O) groups is 1. The third kappa shape index (κ3) is 4.65. The minimum atomic E-state index is -1.69. The number of nitrogens with zero attached hydrogens (tertiary/aromatic N) is 6. The van der Waals surface area contributed by atoms with Crippen LogP contribution in [0, 0.1) is 0 Å². The molecule has 3 aromatic heterocycles. The number of imidazole rings is 1. The Labute approximate surface area is 237 Å². The number of halogens is 1. The first-order valence-electron chi connectivity index (χ1n) is 12.4. The lowest BCUT2D eigenvalue weighted by Crippen LogP contribution is -2.50. The fourth-order valence-electron chi connectivity index (χ4n) is 5.04. The number of methoxy groups -OCH3 is 1. The summed E-state index contributed by atoms with van der Waals surface area (Å²) in [5, 5.41) is 37.6. The molecule has 6 rings (SSSR count). The summed E-state index contributed by atoms with van der Waals surface area (Å²) < 4.78 is 7.54. The Morgan fingerprint density at radius 2 is 2.00 bits per heavy atom. The number of ether oxygens (including phenoxy) is 1. The van der Waals surface area contributed by atoms with Gasteiger partial charge in [0.25, 0.3) is 5.69 Å². The second-order valence-corrected chi connectivity index (χ2v) is 9.81. The van der Waals surface area contributed by atoms with Gasteiger partial charge in [0.05, 0.1) is 41.9 Å². The van der Waals surface area contributed by atoms with Gasteiger partial charge in [-0.05, 0) is 52.4 Å². The van der Waals surface area contributed by atoms with Gasteiger partial charge in [-0.25, -0.2) is 9.78 Å². The van der Waals surface area contributed by atoms with Crippen molar-refractivity contribution in [3.63, 3.8) is 0 Å². The summed E-state index contributed by atoms with van der Waals surface area (Å²) in [5.74, 6) is 0.234. The molecular weight excluding hydrogens is 552 g/mol.